The van der Waals surface area contributed by atoms with Crippen LogP contribution in [-0.2, 0) is 0 Å². The van der Waals surface area contributed by atoms with Crippen LogP contribution in [0.4, 0.5) is 21.6 Å². The van der Waals surface area contributed by atoms with Gasteiger partial charge < -0.3 is 10.6 Å². The van der Waals surface area contributed by atoms with Gasteiger partial charge in [0.05, 0.1) is 16.2 Å². The van der Waals surface area contributed by atoms with Crippen molar-refractivity contribution in [3.8, 4) is 0 Å². The molecule has 0 fully saturated rings. The number of aromatic nitrogens is 1. The van der Waals surface area contributed by atoms with E-state index < -0.39 is 16.6 Å². The highest BCUT2D eigenvalue weighted by molar-refractivity contribution is 6.07. The number of anilines is 2. The van der Waals surface area contributed by atoms with Gasteiger partial charge in [-0.05, 0) is 18.2 Å². The van der Waals surface area contributed by atoms with Crippen molar-refractivity contribution in [2.24, 2.45) is 0 Å². The van der Waals surface area contributed by atoms with Crippen LogP contribution in [-0.4, -0.2) is 22.9 Å². The van der Waals surface area contributed by atoms with Crippen LogP contribution in [0.2, 0.25) is 0 Å². The monoisotopic (exact) mass is 290 g/mol. The number of carbonyl (C=O) groups excluding carboxylic acids is 1. The lowest BCUT2D eigenvalue weighted by atomic mass is 10.2. The van der Waals surface area contributed by atoms with Gasteiger partial charge in [-0.1, -0.05) is 0 Å². The largest absolute Gasteiger partial charge is 0.372 e. The number of pyridine rings is 1. The molecule has 2 aromatic rings. The summed E-state index contributed by atoms with van der Waals surface area (Å²) in [4.78, 5) is 26.1. The Bertz CT molecular complexity index is 706. The number of nitro groups is 1. The fraction of sp³-hybridized carbons (Fsp3) is 0.0769. The van der Waals surface area contributed by atoms with Gasteiger partial charge in [0.2, 0.25) is 0 Å². The van der Waals surface area contributed by atoms with Gasteiger partial charge in [-0.25, -0.2) is 9.37 Å². The average molecular weight is 290 g/mol. The number of non-ortho nitro benzene ring substituents is 1. The number of nitrogens with one attached hydrogen (secondary N) is 2. The molecule has 0 aliphatic rings. The summed E-state index contributed by atoms with van der Waals surface area (Å²) in [6.45, 7) is 0. The Morgan fingerprint density at radius 3 is 2.81 bits per heavy atom. The van der Waals surface area contributed by atoms with Crippen molar-refractivity contribution in [1.82, 2.24) is 4.98 Å². The van der Waals surface area contributed by atoms with Crippen molar-refractivity contribution in [3.05, 3.63) is 58.0 Å². The predicted molar refractivity (Wildman–Crippen MR) is 74.8 cm³/mol. The third kappa shape index (κ3) is 3.11. The Balaban J connectivity index is 2.31. The van der Waals surface area contributed by atoms with Crippen molar-refractivity contribution < 1.29 is 14.1 Å². The number of benzene rings is 1. The number of nitro benzene ring substituents is 1. The Morgan fingerprint density at radius 2 is 2.14 bits per heavy atom. The summed E-state index contributed by atoms with van der Waals surface area (Å²) >= 11 is 0. The molecule has 0 radical (unpaired) electrons. The van der Waals surface area contributed by atoms with E-state index in [0.29, 0.717) is 5.82 Å². The first kappa shape index (κ1) is 14.4. The van der Waals surface area contributed by atoms with E-state index in [9.17, 15) is 19.3 Å². The molecule has 2 N–H and O–H groups in total. The number of amides is 1. The number of hydrogen-bond donors (Lipinski definition) is 2. The van der Waals surface area contributed by atoms with Gasteiger partial charge in [0.1, 0.15) is 11.6 Å². The fourth-order valence-corrected chi connectivity index (χ4v) is 1.70. The highest BCUT2D eigenvalue weighted by Crippen LogP contribution is 2.22. The molecule has 0 saturated carbocycles. The molecular weight excluding hydrogens is 279 g/mol. The van der Waals surface area contributed by atoms with Crippen LogP contribution < -0.4 is 10.6 Å². The van der Waals surface area contributed by atoms with Gasteiger partial charge in [-0.2, -0.15) is 0 Å². The van der Waals surface area contributed by atoms with Crippen molar-refractivity contribution in [2.75, 3.05) is 17.7 Å². The summed E-state index contributed by atoms with van der Waals surface area (Å²) in [6, 6.07) is 5.97. The maximum atomic E-state index is 13.6. The van der Waals surface area contributed by atoms with Crippen LogP contribution in [0, 0.1) is 15.9 Å². The van der Waals surface area contributed by atoms with Gasteiger partial charge in [0.15, 0.2) is 0 Å². The summed E-state index contributed by atoms with van der Waals surface area (Å²) < 4.78 is 13.6. The van der Waals surface area contributed by atoms with Crippen LogP contribution in [0.15, 0.2) is 36.5 Å². The van der Waals surface area contributed by atoms with E-state index in [1.807, 2.05) is 0 Å². The van der Waals surface area contributed by atoms with Crippen LogP contribution in [0.1, 0.15) is 10.4 Å². The second kappa shape index (κ2) is 5.95. The number of hydrogen-bond acceptors (Lipinski definition) is 5. The van der Waals surface area contributed by atoms with Gasteiger partial charge in [0.25, 0.3) is 11.6 Å². The molecular formula is C13H11FN4O3. The minimum Gasteiger partial charge on any atom is -0.372 e. The smallest absolute Gasteiger partial charge is 0.271 e. The Morgan fingerprint density at radius 1 is 1.38 bits per heavy atom. The molecule has 1 aromatic heterocycles. The van der Waals surface area contributed by atoms with Gasteiger partial charge in [-0.3, -0.25) is 14.9 Å². The first-order valence-electron chi connectivity index (χ1n) is 5.91. The Hall–Kier alpha value is -3.03. The van der Waals surface area contributed by atoms with Crippen molar-refractivity contribution in [3.63, 3.8) is 0 Å². The van der Waals surface area contributed by atoms with E-state index in [-0.39, 0.29) is 16.9 Å². The molecule has 0 atom stereocenters. The second-order valence-corrected chi connectivity index (χ2v) is 4.02. The molecule has 2 rings (SSSR count). The summed E-state index contributed by atoms with van der Waals surface area (Å²) in [5.41, 5.74) is -0.377. The lowest BCUT2D eigenvalue weighted by molar-refractivity contribution is -0.384. The first-order valence-corrected chi connectivity index (χ1v) is 5.91. The van der Waals surface area contributed by atoms with Crippen LogP contribution >= 0.6 is 0 Å². The zero-order valence-corrected chi connectivity index (χ0v) is 11.0. The molecule has 0 saturated heterocycles. The van der Waals surface area contributed by atoms with E-state index in [1.54, 1.807) is 13.1 Å². The normalized spacial score (nSPS) is 10.0. The standard InChI is InChI=1S/C13H11FN4O3/c1-15-12-9(3-2-6-16-12)13(19)17-11-7-8(18(20)21)4-5-10(11)14/h2-7H,1H3,(H,15,16)(H,17,19). The third-order valence-corrected chi connectivity index (χ3v) is 2.70. The lowest BCUT2D eigenvalue weighted by Gasteiger charge is -2.09. The molecule has 7 nitrogen and oxygen atoms in total. The molecule has 1 amide bonds. The van der Waals surface area contributed by atoms with E-state index in [0.717, 1.165) is 18.2 Å². The van der Waals surface area contributed by atoms with E-state index >= 15 is 0 Å². The van der Waals surface area contributed by atoms with Crippen LogP contribution in [0.25, 0.3) is 0 Å². The Kier molecular flexibility index (Phi) is 4.07. The predicted octanol–water partition coefficient (Wildman–Crippen LogP) is 2.42. The third-order valence-electron chi connectivity index (χ3n) is 2.70. The summed E-state index contributed by atoms with van der Waals surface area (Å²) in [5, 5.41) is 15.7. The average Bonchev–Trinajstić information content (AvgIpc) is 2.49. The zero-order chi connectivity index (χ0) is 15.4. The molecule has 0 bridgehead atoms. The molecule has 1 aromatic carbocycles. The highest BCUT2D eigenvalue weighted by Gasteiger charge is 2.16. The zero-order valence-electron chi connectivity index (χ0n) is 11.0. The summed E-state index contributed by atoms with van der Waals surface area (Å²) in [6.07, 6.45) is 1.50. The Labute approximate surface area is 119 Å². The second-order valence-electron chi connectivity index (χ2n) is 4.02. The van der Waals surface area contributed by atoms with Gasteiger partial charge in [-0.15, -0.1) is 0 Å². The van der Waals surface area contributed by atoms with Gasteiger partial charge in [0, 0.05) is 25.4 Å². The lowest BCUT2D eigenvalue weighted by Crippen LogP contribution is -2.15. The van der Waals surface area contributed by atoms with Crippen molar-refractivity contribution in [2.45, 2.75) is 0 Å². The summed E-state index contributed by atoms with van der Waals surface area (Å²) in [5.74, 6) is -1.06. The molecule has 8 heteroatoms. The molecule has 0 aliphatic carbocycles. The fourth-order valence-electron chi connectivity index (χ4n) is 1.70. The number of nitrogens with zero attached hydrogens (tertiary/aromatic N) is 2. The first-order chi connectivity index (χ1) is 10.0. The molecule has 0 spiro atoms. The number of carbonyl (C=O) groups is 1. The summed E-state index contributed by atoms with van der Waals surface area (Å²) in [7, 11) is 1.59. The maximum absolute atomic E-state index is 13.6. The van der Waals surface area contributed by atoms with Crippen molar-refractivity contribution >= 4 is 23.1 Å². The molecule has 1 heterocycles. The number of rotatable bonds is 4. The topological polar surface area (TPSA) is 97.2 Å². The van der Waals surface area contributed by atoms with Gasteiger partial charge >= 0.3 is 0 Å². The van der Waals surface area contributed by atoms with E-state index in [1.165, 1.54) is 12.3 Å². The minimum atomic E-state index is -0.760. The van der Waals surface area contributed by atoms with E-state index in [4.69, 9.17) is 0 Å². The van der Waals surface area contributed by atoms with Crippen LogP contribution in [0.3, 0.4) is 0 Å². The highest BCUT2D eigenvalue weighted by atomic mass is 19.1. The molecule has 21 heavy (non-hydrogen) atoms. The molecule has 0 unspecified atom stereocenters. The maximum Gasteiger partial charge on any atom is 0.271 e. The quantitative estimate of drug-likeness (QED) is 0.665. The number of halogens is 1. The molecule has 0 aliphatic heterocycles. The minimum absolute atomic E-state index is 0.200. The SMILES string of the molecule is CNc1ncccc1C(=O)Nc1cc([N+](=O)[O-])ccc1F. The van der Waals surface area contributed by atoms with Crippen molar-refractivity contribution in [1.29, 1.82) is 0 Å². The van der Waals surface area contributed by atoms with E-state index in [2.05, 4.69) is 15.6 Å². The molecule has 108 valence electrons. The van der Waals surface area contributed by atoms with Crippen LogP contribution in [0.5, 0.6) is 0 Å².